The average Bonchev–Trinajstić information content (AvgIpc) is 3.87. The third-order valence-electron chi connectivity index (χ3n) is 7.78. The molecule has 6 aromatic rings. The lowest BCUT2D eigenvalue weighted by Gasteiger charge is -2.21. The Balaban J connectivity index is 0.000000256. The minimum absolute atomic E-state index is 0. The lowest BCUT2D eigenvalue weighted by atomic mass is 10.0. The van der Waals surface area contributed by atoms with Crippen molar-refractivity contribution in [1.29, 1.82) is 0 Å². The number of ether oxygens (including phenoxy) is 2. The van der Waals surface area contributed by atoms with Crippen molar-refractivity contribution in [2.24, 2.45) is 0 Å². The van der Waals surface area contributed by atoms with E-state index >= 15 is 0 Å². The number of hydrogen-bond acceptors (Lipinski definition) is 11. The molecule has 6 N–H and O–H groups in total. The number of alkyl carbamates (subject to hydrolysis) is 2. The Labute approximate surface area is 347 Å². The van der Waals surface area contributed by atoms with E-state index in [9.17, 15) is 19.2 Å². The number of fused-ring (bicyclic) bond motifs is 2. The highest BCUT2D eigenvalue weighted by Gasteiger charge is 2.25. The molecule has 58 heavy (non-hydrogen) atoms. The fourth-order valence-corrected chi connectivity index (χ4v) is 6.58. The Morgan fingerprint density at radius 3 is 1.66 bits per heavy atom. The van der Waals surface area contributed by atoms with Gasteiger partial charge in [-0.2, -0.15) is 22.7 Å². The van der Waals surface area contributed by atoms with Crippen molar-refractivity contribution in [2.75, 3.05) is 24.1 Å². The fourth-order valence-electron chi connectivity index (χ4n) is 5.15. The first-order valence-corrected chi connectivity index (χ1v) is 19.8. The van der Waals surface area contributed by atoms with Gasteiger partial charge in [-0.1, -0.05) is 19.6 Å². The number of pyridine rings is 2. The summed E-state index contributed by atoms with van der Waals surface area (Å²) in [6, 6.07) is 18.9. The number of amides is 3. The Kier molecular flexibility index (Phi) is 17.1. The van der Waals surface area contributed by atoms with Crippen LogP contribution in [0.2, 0.25) is 0 Å². The van der Waals surface area contributed by atoms with E-state index in [4.69, 9.17) is 20.3 Å². The lowest BCUT2D eigenvalue weighted by molar-refractivity contribution is -0.138. The number of rotatable bonds is 9. The van der Waals surface area contributed by atoms with Gasteiger partial charge >= 0.3 is 18.2 Å². The molecule has 2 atom stereocenters. The van der Waals surface area contributed by atoms with Crippen LogP contribution in [0, 0.1) is 0 Å². The molecule has 0 aliphatic heterocycles. The minimum atomic E-state index is -0.968. The molecule has 0 aliphatic rings. The molecule has 0 bridgehead atoms. The molecule has 2 unspecified atom stereocenters. The second kappa shape index (κ2) is 21.5. The highest BCUT2D eigenvalue weighted by atomic mass is 32.1. The van der Waals surface area contributed by atoms with E-state index in [-0.39, 0.29) is 26.4 Å². The predicted molar refractivity (Wildman–Crippen MR) is 233 cm³/mol. The van der Waals surface area contributed by atoms with Crippen LogP contribution in [0.1, 0.15) is 71.9 Å². The first-order chi connectivity index (χ1) is 27.0. The average molecular weight is 829 g/mol. The van der Waals surface area contributed by atoms with Crippen LogP contribution in [0.3, 0.4) is 0 Å². The normalized spacial score (nSPS) is 11.9. The molecule has 0 fully saturated rings. The van der Waals surface area contributed by atoms with Gasteiger partial charge in [0.05, 0.1) is 11.8 Å². The van der Waals surface area contributed by atoms with Crippen LogP contribution in [0.25, 0.3) is 21.5 Å². The summed E-state index contributed by atoms with van der Waals surface area (Å²) in [6.45, 7) is 10.8. The summed E-state index contributed by atoms with van der Waals surface area (Å²) < 4.78 is 10.3. The molecule has 4 heterocycles. The SMILES string of the molecule is C.CC(C)(C)OC(=O)NCC(C(=O)Nc1ccc2cnccc2c1)c1ccsc1.CC(C)(C)OC(=O)NCC(C(=O)O)c1ccsc1.Nc1ccc2cnccc2c1. The number of aromatic nitrogens is 2. The number of nitrogens with two attached hydrogens (primary N) is 1. The van der Waals surface area contributed by atoms with Crippen LogP contribution in [-0.2, 0) is 19.1 Å². The van der Waals surface area contributed by atoms with Crippen molar-refractivity contribution >= 4 is 79.7 Å². The van der Waals surface area contributed by atoms with E-state index < -0.39 is 41.2 Å². The molecular weight excluding hydrogens is 777 g/mol. The molecule has 0 aliphatic carbocycles. The van der Waals surface area contributed by atoms with Gasteiger partial charge in [0.25, 0.3) is 0 Å². The van der Waals surface area contributed by atoms with E-state index in [0.717, 1.165) is 32.8 Å². The topological polar surface area (TPSA) is 195 Å². The zero-order valence-electron chi connectivity index (χ0n) is 32.6. The standard InChI is InChI=1S/C21H23N3O3S.C12H17NO4S.C9H8N2.CH4/c1-21(2,3)27-20(26)23-12-18(16-7-9-28-13-16)19(25)24-17-5-4-15-11-22-8-6-14(15)10-17;1-12(2,3)17-11(16)13-6-9(10(14)15)8-4-5-18-7-8;10-9-2-1-8-6-11-4-3-7(8)5-9;/h4-11,13,18H,12H2,1-3H3,(H,23,26)(H,24,25);4-5,7,9H,6H2,1-3H3,(H,13,16)(H,14,15);1-6H,10H2;1H4. The molecule has 0 saturated heterocycles. The van der Waals surface area contributed by atoms with Crippen molar-refractivity contribution in [2.45, 2.75) is 72.0 Å². The van der Waals surface area contributed by atoms with Gasteiger partial charge in [0.15, 0.2) is 0 Å². The van der Waals surface area contributed by atoms with E-state index in [2.05, 4.69) is 25.9 Å². The molecule has 2 aromatic carbocycles. The molecule has 0 spiro atoms. The second-order valence-electron chi connectivity index (χ2n) is 14.7. The van der Waals surface area contributed by atoms with Crippen LogP contribution < -0.4 is 21.7 Å². The number of carboxylic acids is 1. The number of anilines is 2. The Morgan fingerprint density at radius 1 is 0.690 bits per heavy atom. The number of nitrogen functional groups attached to an aromatic ring is 1. The number of nitrogens with zero attached hydrogens (tertiary/aromatic N) is 2. The van der Waals surface area contributed by atoms with Gasteiger partial charge in [0, 0.05) is 60.0 Å². The third kappa shape index (κ3) is 15.5. The fraction of sp³-hybridized carbons (Fsp3) is 0.302. The van der Waals surface area contributed by atoms with Gasteiger partial charge < -0.3 is 36.3 Å². The molecule has 308 valence electrons. The summed E-state index contributed by atoms with van der Waals surface area (Å²) in [4.78, 5) is 55.6. The van der Waals surface area contributed by atoms with Gasteiger partial charge in [0.1, 0.15) is 11.2 Å². The maximum atomic E-state index is 12.9. The minimum Gasteiger partial charge on any atom is -0.481 e. The van der Waals surface area contributed by atoms with Gasteiger partial charge in [-0.25, -0.2) is 9.59 Å². The Hall–Kier alpha value is -6.06. The summed E-state index contributed by atoms with van der Waals surface area (Å²) in [5, 5.41) is 28.9. The number of benzene rings is 2. The van der Waals surface area contributed by atoms with Crippen molar-refractivity contribution in [3.63, 3.8) is 0 Å². The number of carboxylic acid groups (broad SMARTS) is 1. The van der Waals surface area contributed by atoms with Gasteiger partial charge in [-0.15, -0.1) is 0 Å². The number of carbonyl (C=O) groups excluding carboxylic acids is 3. The van der Waals surface area contributed by atoms with Crippen molar-refractivity contribution < 1.29 is 33.8 Å². The van der Waals surface area contributed by atoms with Crippen molar-refractivity contribution in [3.8, 4) is 0 Å². The van der Waals surface area contributed by atoms with Gasteiger partial charge in [-0.3, -0.25) is 19.6 Å². The Bertz CT molecular complexity index is 2230. The molecule has 6 rings (SSSR count). The smallest absolute Gasteiger partial charge is 0.407 e. The number of hydrogen-bond donors (Lipinski definition) is 5. The van der Waals surface area contributed by atoms with Crippen LogP contribution in [-0.4, -0.2) is 63.4 Å². The Morgan fingerprint density at radius 2 is 1.17 bits per heavy atom. The zero-order valence-corrected chi connectivity index (χ0v) is 34.3. The summed E-state index contributed by atoms with van der Waals surface area (Å²) in [5.41, 5.74) is 7.44. The van der Waals surface area contributed by atoms with Crippen LogP contribution in [0.4, 0.5) is 21.0 Å². The predicted octanol–water partition coefficient (Wildman–Crippen LogP) is 9.44. The molecule has 13 nitrogen and oxygen atoms in total. The van der Waals surface area contributed by atoms with Gasteiger partial charge in [0.2, 0.25) is 5.91 Å². The quantitative estimate of drug-likeness (QED) is 0.0876. The highest BCUT2D eigenvalue weighted by molar-refractivity contribution is 7.08. The molecule has 15 heteroatoms. The van der Waals surface area contributed by atoms with E-state index in [1.165, 1.54) is 22.7 Å². The monoisotopic (exact) mass is 828 g/mol. The first kappa shape index (κ1) is 46.3. The summed E-state index contributed by atoms with van der Waals surface area (Å²) in [5.74, 6) is -2.43. The maximum Gasteiger partial charge on any atom is 0.407 e. The third-order valence-corrected chi connectivity index (χ3v) is 9.18. The second-order valence-corrected chi connectivity index (χ2v) is 16.3. The maximum absolute atomic E-state index is 12.9. The van der Waals surface area contributed by atoms with E-state index in [1.807, 2.05) is 71.6 Å². The molecule has 3 amide bonds. The first-order valence-electron chi connectivity index (χ1n) is 17.9. The van der Waals surface area contributed by atoms with Crippen molar-refractivity contribution in [3.05, 3.63) is 118 Å². The highest BCUT2D eigenvalue weighted by Crippen LogP contribution is 2.24. The van der Waals surface area contributed by atoms with Gasteiger partial charge in [-0.05, 0) is 133 Å². The zero-order chi connectivity index (χ0) is 41.6. The number of aliphatic carboxylic acids is 1. The summed E-state index contributed by atoms with van der Waals surface area (Å²) in [6.07, 6.45) is 5.94. The number of carbonyl (C=O) groups is 4. The molecular formula is C43H52N6O7S2. The largest absolute Gasteiger partial charge is 0.481 e. The van der Waals surface area contributed by atoms with Crippen LogP contribution in [0.5, 0.6) is 0 Å². The molecule has 0 radical (unpaired) electrons. The van der Waals surface area contributed by atoms with E-state index in [0.29, 0.717) is 11.3 Å². The summed E-state index contributed by atoms with van der Waals surface area (Å²) >= 11 is 2.93. The lowest BCUT2D eigenvalue weighted by Crippen LogP contribution is -2.37. The molecule has 0 saturated carbocycles. The summed E-state index contributed by atoms with van der Waals surface area (Å²) in [7, 11) is 0. The van der Waals surface area contributed by atoms with Crippen LogP contribution >= 0.6 is 22.7 Å². The molecule has 4 aromatic heterocycles. The van der Waals surface area contributed by atoms with Crippen LogP contribution in [0.15, 0.2) is 107 Å². The van der Waals surface area contributed by atoms with Crippen molar-refractivity contribution in [1.82, 2.24) is 20.6 Å². The number of nitrogens with one attached hydrogen (secondary N) is 3. The van der Waals surface area contributed by atoms with E-state index in [1.54, 1.807) is 77.0 Å². The number of thiophene rings is 2.